The Morgan fingerprint density at radius 2 is 2.03 bits per heavy atom. The Labute approximate surface area is 219 Å². The highest BCUT2D eigenvalue weighted by molar-refractivity contribution is 5.99. The van der Waals surface area contributed by atoms with Crippen LogP contribution in [0.2, 0.25) is 0 Å². The molecule has 202 valence electrons. The number of hydrogen-bond acceptors (Lipinski definition) is 7. The quantitative estimate of drug-likeness (QED) is 0.595. The Bertz CT molecular complexity index is 1250. The zero-order valence-electron chi connectivity index (χ0n) is 21.0. The molecule has 10 heteroatoms. The maximum atomic E-state index is 15.0. The van der Waals surface area contributed by atoms with Crippen LogP contribution in [0.1, 0.15) is 56.7 Å². The van der Waals surface area contributed by atoms with E-state index in [-0.39, 0.29) is 37.0 Å². The third-order valence-corrected chi connectivity index (χ3v) is 7.72. The lowest BCUT2D eigenvalue weighted by atomic mass is 9.94. The van der Waals surface area contributed by atoms with Crippen molar-refractivity contribution in [2.24, 2.45) is 0 Å². The molecule has 0 aromatic heterocycles. The van der Waals surface area contributed by atoms with Crippen molar-refractivity contribution in [3.8, 4) is 11.5 Å². The molecule has 4 aliphatic rings. The first-order valence-corrected chi connectivity index (χ1v) is 13.2. The van der Waals surface area contributed by atoms with Gasteiger partial charge < -0.3 is 29.4 Å². The fourth-order valence-electron chi connectivity index (χ4n) is 5.73. The average Bonchev–Trinajstić information content (AvgIpc) is 3.62. The number of carbonyl (C=O) groups excluding carboxylic acids is 2. The zero-order valence-corrected chi connectivity index (χ0v) is 21.0. The number of ether oxygens (including phenoxy) is 4. The van der Waals surface area contributed by atoms with Crippen molar-refractivity contribution >= 4 is 11.8 Å². The molecule has 3 atom stereocenters. The summed E-state index contributed by atoms with van der Waals surface area (Å²) in [5.41, 5.74) is 2.63. The summed E-state index contributed by atoms with van der Waals surface area (Å²) in [5, 5.41) is 13.2. The van der Waals surface area contributed by atoms with Gasteiger partial charge in [-0.3, -0.25) is 14.5 Å². The van der Waals surface area contributed by atoms with Crippen LogP contribution in [0, 0.1) is 5.82 Å². The highest BCUT2D eigenvalue weighted by atomic mass is 19.1. The van der Waals surface area contributed by atoms with Gasteiger partial charge in [0.15, 0.2) is 6.73 Å². The van der Waals surface area contributed by atoms with E-state index in [4.69, 9.17) is 18.9 Å². The van der Waals surface area contributed by atoms with Crippen LogP contribution in [0.5, 0.6) is 11.5 Å². The van der Waals surface area contributed by atoms with E-state index in [0.29, 0.717) is 68.3 Å². The summed E-state index contributed by atoms with van der Waals surface area (Å²) >= 11 is 0. The second-order valence-corrected chi connectivity index (χ2v) is 10.2. The van der Waals surface area contributed by atoms with Crippen molar-refractivity contribution in [2.45, 2.75) is 50.4 Å². The fraction of sp³-hybridized carbons (Fsp3) is 0.500. The molecule has 38 heavy (non-hydrogen) atoms. The standard InChI is InChI=1S/C28H31FN2O7/c29-22-11-16(3-4-19(22)27(33)30-13-18-2-1-7-36-18)10-17-12-21-26(20-5-9-37-25(17)20)38-15-31(28(21)34)23-6-8-35-14-24(23)32/h3-4,11-12,18,23-24,32H,1-2,5-10,13-15H2,(H,30,33)/t18?,23-,24-/m0/s1. The summed E-state index contributed by atoms with van der Waals surface area (Å²) in [6, 6.07) is 5.92. The summed E-state index contributed by atoms with van der Waals surface area (Å²) in [6.07, 6.45) is 2.50. The molecule has 2 N–H and O–H groups in total. The molecule has 0 spiro atoms. The first-order valence-electron chi connectivity index (χ1n) is 13.2. The van der Waals surface area contributed by atoms with Crippen LogP contribution in [-0.2, 0) is 22.3 Å². The molecule has 0 bridgehead atoms. The Morgan fingerprint density at radius 3 is 2.82 bits per heavy atom. The molecule has 6 rings (SSSR count). The average molecular weight is 527 g/mol. The number of nitrogens with zero attached hydrogens (tertiary/aromatic N) is 1. The van der Waals surface area contributed by atoms with E-state index in [1.807, 2.05) is 0 Å². The van der Waals surface area contributed by atoms with Crippen LogP contribution in [0.3, 0.4) is 0 Å². The monoisotopic (exact) mass is 526 g/mol. The first-order chi connectivity index (χ1) is 18.5. The SMILES string of the molecule is O=C(NCC1CCCO1)c1ccc(Cc2cc3c(c4c2OCC4)OCN([C@H]2CCOC[C@@H]2O)C3=O)cc1F. The summed E-state index contributed by atoms with van der Waals surface area (Å²) in [4.78, 5) is 27.6. The lowest BCUT2D eigenvalue weighted by Crippen LogP contribution is -2.54. The van der Waals surface area contributed by atoms with Gasteiger partial charge in [0.1, 0.15) is 17.3 Å². The maximum Gasteiger partial charge on any atom is 0.260 e. The van der Waals surface area contributed by atoms with E-state index >= 15 is 0 Å². The summed E-state index contributed by atoms with van der Waals surface area (Å²) in [5.74, 6) is -0.108. The van der Waals surface area contributed by atoms with Crippen LogP contribution < -0.4 is 14.8 Å². The van der Waals surface area contributed by atoms with Crippen molar-refractivity contribution in [2.75, 3.05) is 39.7 Å². The normalized spacial score (nSPS) is 24.4. The van der Waals surface area contributed by atoms with E-state index in [1.165, 1.54) is 12.1 Å². The van der Waals surface area contributed by atoms with Crippen molar-refractivity contribution in [1.82, 2.24) is 10.2 Å². The van der Waals surface area contributed by atoms with Gasteiger partial charge in [0.25, 0.3) is 11.8 Å². The first kappa shape index (κ1) is 25.1. The molecule has 2 aromatic rings. The Morgan fingerprint density at radius 1 is 1.13 bits per heavy atom. The lowest BCUT2D eigenvalue weighted by molar-refractivity contribution is -0.0714. The second-order valence-electron chi connectivity index (χ2n) is 10.2. The van der Waals surface area contributed by atoms with Gasteiger partial charge >= 0.3 is 0 Å². The summed E-state index contributed by atoms with van der Waals surface area (Å²) in [7, 11) is 0. The Kier molecular flexibility index (Phi) is 6.94. The minimum Gasteiger partial charge on any atom is -0.493 e. The number of fused-ring (bicyclic) bond motifs is 3. The van der Waals surface area contributed by atoms with Crippen molar-refractivity contribution < 1.29 is 38.0 Å². The number of amides is 2. The highest BCUT2D eigenvalue weighted by Gasteiger charge is 2.39. The zero-order chi connectivity index (χ0) is 26.2. The van der Waals surface area contributed by atoms with Crippen LogP contribution in [0.25, 0.3) is 0 Å². The number of rotatable bonds is 6. The van der Waals surface area contributed by atoms with E-state index in [0.717, 1.165) is 24.0 Å². The number of aliphatic hydroxyl groups excluding tert-OH is 1. The highest BCUT2D eigenvalue weighted by Crippen LogP contribution is 2.43. The van der Waals surface area contributed by atoms with Gasteiger partial charge in [-0.1, -0.05) is 6.07 Å². The van der Waals surface area contributed by atoms with Crippen molar-refractivity contribution in [3.05, 3.63) is 57.9 Å². The van der Waals surface area contributed by atoms with Crippen molar-refractivity contribution in [1.29, 1.82) is 0 Å². The fourth-order valence-corrected chi connectivity index (χ4v) is 5.73. The van der Waals surface area contributed by atoms with E-state index in [2.05, 4.69) is 5.32 Å². The van der Waals surface area contributed by atoms with Gasteiger partial charge in [0, 0.05) is 38.2 Å². The molecule has 4 aliphatic heterocycles. The molecule has 0 saturated carbocycles. The number of benzene rings is 2. The summed E-state index contributed by atoms with van der Waals surface area (Å²) < 4.78 is 37.7. The van der Waals surface area contributed by atoms with Crippen LogP contribution in [-0.4, -0.2) is 79.8 Å². The molecule has 2 saturated heterocycles. The number of aliphatic hydroxyl groups is 1. The lowest BCUT2D eigenvalue weighted by Gasteiger charge is -2.40. The van der Waals surface area contributed by atoms with E-state index in [9.17, 15) is 19.1 Å². The van der Waals surface area contributed by atoms with Gasteiger partial charge in [-0.25, -0.2) is 4.39 Å². The smallest absolute Gasteiger partial charge is 0.260 e. The molecule has 9 nitrogen and oxygen atoms in total. The molecule has 2 fully saturated rings. The predicted octanol–water partition coefficient (Wildman–Crippen LogP) is 2.20. The number of nitrogens with one attached hydrogen (secondary N) is 1. The number of carbonyl (C=O) groups is 2. The Hall–Kier alpha value is -3.21. The second kappa shape index (κ2) is 10.5. The van der Waals surface area contributed by atoms with Crippen LogP contribution in [0.15, 0.2) is 24.3 Å². The van der Waals surface area contributed by atoms with Gasteiger partial charge in [0.2, 0.25) is 0 Å². The Balaban J connectivity index is 1.23. The minimum absolute atomic E-state index is 0.0205. The van der Waals surface area contributed by atoms with Gasteiger partial charge in [-0.15, -0.1) is 0 Å². The van der Waals surface area contributed by atoms with Crippen LogP contribution >= 0.6 is 0 Å². The molecule has 4 heterocycles. The molecular formula is C28H31FN2O7. The van der Waals surface area contributed by atoms with Gasteiger partial charge in [-0.2, -0.15) is 0 Å². The molecule has 1 unspecified atom stereocenters. The largest absolute Gasteiger partial charge is 0.493 e. The molecule has 0 radical (unpaired) electrons. The van der Waals surface area contributed by atoms with E-state index < -0.39 is 17.8 Å². The predicted molar refractivity (Wildman–Crippen MR) is 133 cm³/mol. The molecule has 2 aromatic carbocycles. The summed E-state index contributed by atoms with van der Waals surface area (Å²) in [6.45, 7) is 2.22. The molecular weight excluding hydrogens is 495 g/mol. The van der Waals surface area contributed by atoms with E-state index in [1.54, 1.807) is 17.0 Å². The van der Waals surface area contributed by atoms with Crippen molar-refractivity contribution in [3.63, 3.8) is 0 Å². The third-order valence-electron chi connectivity index (χ3n) is 7.72. The van der Waals surface area contributed by atoms with Gasteiger partial charge in [-0.05, 0) is 48.6 Å². The third kappa shape index (κ3) is 4.72. The van der Waals surface area contributed by atoms with Crippen LogP contribution in [0.4, 0.5) is 4.39 Å². The molecule has 2 amide bonds. The number of halogens is 1. The topological polar surface area (TPSA) is 107 Å². The maximum absolute atomic E-state index is 15.0. The number of hydrogen-bond donors (Lipinski definition) is 2. The molecule has 0 aliphatic carbocycles. The minimum atomic E-state index is -0.778. The van der Waals surface area contributed by atoms with Gasteiger partial charge in [0.05, 0.1) is 42.6 Å².